The maximum atomic E-state index is 12.7. The molecule has 0 aromatic heterocycles. The standard InChI is InChI=1S/C17H19NO2/c1-18(2)13-17(20,15-11-7-4-8-12-15)16(19)14-9-5-3-6-10-14/h3-12,20H,13H2,1-2H3. The van der Waals surface area contributed by atoms with E-state index in [0.29, 0.717) is 11.1 Å². The molecule has 0 heterocycles. The predicted octanol–water partition coefficient (Wildman–Crippen LogP) is 2.32. The van der Waals surface area contributed by atoms with Gasteiger partial charge in [0, 0.05) is 12.1 Å². The second-order valence-electron chi connectivity index (χ2n) is 5.16. The van der Waals surface area contributed by atoms with Gasteiger partial charge >= 0.3 is 0 Å². The van der Waals surface area contributed by atoms with Crippen LogP contribution in [-0.4, -0.2) is 36.4 Å². The smallest absolute Gasteiger partial charge is 0.200 e. The number of rotatable bonds is 5. The minimum absolute atomic E-state index is 0.241. The van der Waals surface area contributed by atoms with E-state index in [0.717, 1.165) is 0 Å². The summed E-state index contributed by atoms with van der Waals surface area (Å²) in [5.74, 6) is -0.280. The van der Waals surface area contributed by atoms with Crippen LogP contribution in [0.5, 0.6) is 0 Å². The molecule has 1 atom stereocenters. The van der Waals surface area contributed by atoms with Gasteiger partial charge in [-0.05, 0) is 19.7 Å². The second-order valence-corrected chi connectivity index (χ2v) is 5.16. The first-order valence-electron chi connectivity index (χ1n) is 6.56. The van der Waals surface area contributed by atoms with Gasteiger partial charge in [-0.1, -0.05) is 60.7 Å². The average Bonchev–Trinajstić information content (AvgIpc) is 2.47. The number of carbonyl (C=O) groups excluding carboxylic acids is 1. The molecule has 0 amide bonds. The number of Topliss-reactive ketones (excluding diaryl/α,β-unsaturated/α-hetero) is 1. The van der Waals surface area contributed by atoms with Gasteiger partial charge in [-0.3, -0.25) is 4.79 Å². The van der Waals surface area contributed by atoms with Crippen LogP contribution in [0.15, 0.2) is 60.7 Å². The fraction of sp³-hybridized carbons (Fsp3) is 0.235. The first-order valence-corrected chi connectivity index (χ1v) is 6.56. The maximum absolute atomic E-state index is 12.7. The highest BCUT2D eigenvalue weighted by Crippen LogP contribution is 2.26. The topological polar surface area (TPSA) is 40.5 Å². The van der Waals surface area contributed by atoms with Crippen molar-refractivity contribution in [2.75, 3.05) is 20.6 Å². The highest BCUT2D eigenvalue weighted by Gasteiger charge is 2.38. The van der Waals surface area contributed by atoms with Gasteiger partial charge in [0.2, 0.25) is 0 Å². The Morgan fingerprint density at radius 2 is 1.50 bits per heavy atom. The molecule has 0 fully saturated rings. The molecule has 1 unspecified atom stereocenters. The van der Waals surface area contributed by atoms with E-state index in [-0.39, 0.29) is 12.3 Å². The zero-order chi connectivity index (χ0) is 14.6. The van der Waals surface area contributed by atoms with Gasteiger partial charge in [0.15, 0.2) is 11.4 Å². The fourth-order valence-electron chi connectivity index (χ4n) is 2.29. The van der Waals surface area contributed by atoms with Crippen LogP contribution < -0.4 is 0 Å². The number of benzene rings is 2. The van der Waals surface area contributed by atoms with E-state index in [9.17, 15) is 9.90 Å². The summed E-state index contributed by atoms with van der Waals surface area (Å²) in [4.78, 5) is 14.5. The number of aliphatic hydroxyl groups is 1. The van der Waals surface area contributed by atoms with Crippen molar-refractivity contribution in [3.8, 4) is 0 Å². The first-order chi connectivity index (χ1) is 9.54. The Kier molecular flexibility index (Phi) is 4.32. The lowest BCUT2D eigenvalue weighted by molar-refractivity contribution is 0.0161. The highest BCUT2D eigenvalue weighted by atomic mass is 16.3. The Labute approximate surface area is 119 Å². The molecule has 0 spiro atoms. The molecule has 3 heteroatoms. The van der Waals surface area contributed by atoms with E-state index < -0.39 is 5.60 Å². The molecule has 2 aromatic rings. The molecule has 3 nitrogen and oxygen atoms in total. The molecule has 0 aliphatic carbocycles. The van der Waals surface area contributed by atoms with E-state index in [1.54, 1.807) is 36.4 Å². The van der Waals surface area contributed by atoms with Crippen LogP contribution >= 0.6 is 0 Å². The van der Waals surface area contributed by atoms with E-state index in [2.05, 4.69) is 0 Å². The Balaban J connectivity index is 2.45. The molecule has 0 saturated heterocycles. The van der Waals surface area contributed by atoms with Gasteiger partial charge in [0.1, 0.15) is 0 Å². The largest absolute Gasteiger partial charge is 0.376 e. The van der Waals surface area contributed by atoms with Crippen molar-refractivity contribution in [1.82, 2.24) is 4.90 Å². The second kappa shape index (κ2) is 5.99. The normalized spacial score (nSPS) is 14.0. The minimum atomic E-state index is -1.54. The zero-order valence-electron chi connectivity index (χ0n) is 11.8. The number of carbonyl (C=O) groups is 1. The van der Waals surface area contributed by atoms with Gasteiger partial charge in [-0.15, -0.1) is 0 Å². The molecular formula is C17H19NO2. The molecule has 20 heavy (non-hydrogen) atoms. The molecule has 1 N–H and O–H groups in total. The van der Waals surface area contributed by atoms with Crippen LogP contribution in [0, 0.1) is 0 Å². The van der Waals surface area contributed by atoms with Gasteiger partial charge in [-0.2, -0.15) is 0 Å². The Hall–Kier alpha value is -1.97. The molecule has 2 rings (SSSR count). The molecule has 0 bridgehead atoms. The third-order valence-corrected chi connectivity index (χ3v) is 3.21. The van der Waals surface area contributed by atoms with Crippen molar-refractivity contribution in [2.45, 2.75) is 5.60 Å². The summed E-state index contributed by atoms with van der Waals surface area (Å²) in [5, 5.41) is 11.0. The lowest BCUT2D eigenvalue weighted by atomic mass is 9.85. The molecule has 0 aliphatic heterocycles. The van der Waals surface area contributed by atoms with Crippen LogP contribution in [-0.2, 0) is 5.60 Å². The summed E-state index contributed by atoms with van der Waals surface area (Å²) in [6.45, 7) is 0.241. The van der Waals surface area contributed by atoms with Gasteiger partial charge < -0.3 is 10.0 Å². The predicted molar refractivity (Wildman–Crippen MR) is 79.7 cm³/mol. The van der Waals surface area contributed by atoms with Gasteiger partial charge in [0.25, 0.3) is 0 Å². The first kappa shape index (κ1) is 14.4. The van der Waals surface area contributed by atoms with Crippen molar-refractivity contribution < 1.29 is 9.90 Å². The maximum Gasteiger partial charge on any atom is 0.200 e. The molecule has 0 saturated carbocycles. The summed E-state index contributed by atoms with van der Waals surface area (Å²) in [5.41, 5.74) is -0.408. The van der Waals surface area contributed by atoms with E-state index >= 15 is 0 Å². The molecule has 0 aliphatic rings. The number of ketones is 1. The van der Waals surface area contributed by atoms with Crippen molar-refractivity contribution in [2.24, 2.45) is 0 Å². The van der Waals surface area contributed by atoms with Gasteiger partial charge in [-0.25, -0.2) is 0 Å². The van der Waals surface area contributed by atoms with E-state index in [1.807, 2.05) is 43.3 Å². The average molecular weight is 269 g/mol. The number of likely N-dealkylation sites (N-methyl/N-ethyl adjacent to an activating group) is 1. The van der Waals surface area contributed by atoms with Crippen molar-refractivity contribution in [3.63, 3.8) is 0 Å². The lowest BCUT2D eigenvalue weighted by Gasteiger charge is -2.30. The summed E-state index contributed by atoms with van der Waals surface area (Å²) in [6, 6.07) is 18.0. The van der Waals surface area contributed by atoms with Crippen molar-refractivity contribution in [3.05, 3.63) is 71.8 Å². The summed E-state index contributed by atoms with van der Waals surface area (Å²) in [7, 11) is 3.68. The number of hydrogen-bond acceptors (Lipinski definition) is 3. The van der Waals surface area contributed by atoms with Gasteiger partial charge in [0.05, 0.1) is 0 Å². The fourth-order valence-corrected chi connectivity index (χ4v) is 2.29. The van der Waals surface area contributed by atoms with Crippen molar-refractivity contribution in [1.29, 1.82) is 0 Å². The highest BCUT2D eigenvalue weighted by molar-refractivity contribution is 6.03. The van der Waals surface area contributed by atoms with Crippen LogP contribution in [0.25, 0.3) is 0 Å². The van der Waals surface area contributed by atoms with Crippen molar-refractivity contribution >= 4 is 5.78 Å². The summed E-state index contributed by atoms with van der Waals surface area (Å²) in [6.07, 6.45) is 0. The Morgan fingerprint density at radius 1 is 1.00 bits per heavy atom. The lowest BCUT2D eigenvalue weighted by Crippen LogP contribution is -2.44. The quantitative estimate of drug-likeness (QED) is 0.847. The number of hydrogen-bond donors (Lipinski definition) is 1. The third kappa shape index (κ3) is 2.95. The molecule has 0 radical (unpaired) electrons. The summed E-state index contributed by atoms with van der Waals surface area (Å²) < 4.78 is 0. The molecular weight excluding hydrogens is 250 g/mol. The minimum Gasteiger partial charge on any atom is -0.376 e. The SMILES string of the molecule is CN(C)CC(O)(C(=O)c1ccccc1)c1ccccc1. The summed E-state index contributed by atoms with van der Waals surface area (Å²) >= 11 is 0. The monoisotopic (exact) mass is 269 g/mol. The molecule has 104 valence electrons. The zero-order valence-corrected chi connectivity index (χ0v) is 11.8. The number of nitrogens with zero attached hydrogens (tertiary/aromatic N) is 1. The van der Waals surface area contributed by atoms with Crippen LogP contribution in [0.4, 0.5) is 0 Å². The van der Waals surface area contributed by atoms with E-state index in [1.165, 1.54) is 0 Å². The molecule has 2 aromatic carbocycles. The third-order valence-electron chi connectivity index (χ3n) is 3.21. The Morgan fingerprint density at radius 3 is 2.00 bits per heavy atom. The van der Waals surface area contributed by atoms with Crippen LogP contribution in [0.3, 0.4) is 0 Å². The Bertz CT molecular complexity index is 566. The van der Waals surface area contributed by atoms with Crippen LogP contribution in [0.1, 0.15) is 15.9 Å². The van der Waals surface area contributed by atoms with Crippen LogP contribution in [0.2, 0.25) is 0 Å². The van der Waals surface area contributed by atoms with E-state index in [4.69, 9.17) is 0 Å².